The standard InChI is InChI=1S/C20H20Cl2N4O/c1-27-18-11-17(22)16(21)10-15(18)20-23-19(24-25-20)14-6-4-5-13(9-14)12-26-7-2-3-8-26/h4-6,9-11H,2-3,7-8,12H2,1H3,(H,23,24,25). The lowest BCUT2D eigenvalue weighted by atomic mass is 10.1. The third kappa shape index (κ3) is 3.95. The Morgan fingerprint density at radius 1 is 1.11 bits per heavy atom. The molecule has 0 bridgehead atoms. The first kappa shape index (κ1) is 18.3. The number of hydrogen-bond acceptors (Lipinski definition) is 4. The Bertz CT molecular complexity index is 951. The number of H-pyrrole nitrogens is 1. The molecule has 140 valence electrons. The quantitative estimate of drug-likeness (QED) is 0.648. The summed E-state index contributed by atoms with van der Waals surface area (Å²) in [6, 6.07) is 11.8. The maximum atomic E-state index is 6.16. The molecule has 0 unspecified atom stereocenters. The summed E-state index contributed by atoms with van der Waals surface area (Å²) in [7, 11) is 1.59. The van der Waals surface area contributed by atoms with Crippen molar-refractivity contribution in [3.05, 3.63) is 52.0 Å². The van der Waals surface area contributed by atoms with Crippen molar-refractivity contribution in [2.45, 2.75) is 19.4 Å². The molecule has 2 heterocycles. The van der Waals surface area contributed by atoms with Gasteiger partial charge in [0.1, 0.15) is 5.75 Å². The number of halogens is 2. The first-order valence-electron chi connectivity index (χ1n) is 8.91. The Labute approximate surface area is 168 Å². The second-order valence-corrected chi connectivity index (χ2v) is 7.47. The van der Waals surface area contributed by atoms with E-state index in [0.29, 0.717) is 27.4 Å². The Kier molecular flexibility index (Phi) is 5.34. The highest BCUT2D eigenvalue weighted by molar-refractivity contribution is 6.42. The zero-order chi connectivity index (χ0) is 18.8. The molecule has 0 atom stereocenters. The molecule has 27 heavy (non-hydrogen) atoms. The third-order valence-electron chi connectivity index (χ3n) is 4.77. The molecular weight excluding hydrogens is 383 g/mol. The van der Waals surface area contributed by atoms with E-state index >= 15 is 0 Å². The van der Waals surface area contributed by atoms with Gasteiger partial charge < -0.3 is 4.74 Å². The molecule has 1 saturated heterocycles. The molecule has 1 aliphatic heterocycles. The molecule has 0 amide bonds. The first-order chi connectivity index (χ1) is 13.1. The van der Waals surface area contributed by atoms with Gasteiger partial charge in [-0.1, -0.05) is 41.4 Å². The zero-order valence-corrected chi connectivity index (χ0v) is 16.5. The number of hydrogen-bond donors (Lipinski definition) is 1. The van der Waals surface area contributed by atoms with Gasteiger partial charge in [-0.15, -0.1) is 0 Å². The molecule has 1 aliphatic rings. The zero-order valence-electron chi connectivity index (χ0n) is 15.0. The minimum Gasteiger partial charge on any atom is -0.496 e. The van der Waals surface area contributed by atoms with Crippen LogP contribution in [-0.4, -0.2) is 40.3 Å². The van der Waals surface area contributed by atoms with E-state index in [1.807, 2.05) is 6.07 Å². The van der Waals surface area contributed by atoms with Gasteiger partial charge in [-0.25, -0.2) is 4.98 Å². The number of methoxy groups -OCH3 is 1. The van der Waals surface area contributed by atoms with Gasteiger partial charge in [0, 0.05) is 18.2 Å². The summed E-state index contributed by atoms with van der Waals surface area (Å²) >= 11 is 12.2. The van der Waals surface area contributed by atoms with Crippen LogP contribution in [0.3, 0.4) is 0 Å². The van der Waals surface area contributed by atoms with Gasteiger partial charge in [-0.05, 0) is 43.6 Å². The summed E-state index contributed by atoms with van der Waals surface area (Å²) in [6.07, 6.45) is 2.57. The molecule has 0 aliphatic carbocycles. The maximum Gasteiger partial charge on any atom is 0.181 e. The number of nitrogens with zero attached hydrogens (tertiary/aromatic N) is 3. The van der Waals surface area contributed by atoms with E-state index in [2.05, 4.69) is 38.3 Å². The fraction of sp³-hybridized carbons (Fsp3) is 0.300. The molecule has 1 aromatic heterocycles. The number of benzene rings is 2. The smallest absolute Gasteiger partial charge is 0.181 e. The molecule has 2 aromatic carbocycles. The van der Waals surface area contributed by atoms with Crippen molar-refractivity contribution in [2.75, 3.05) is 20.2 Å². The van der Waals surface area contributed by atoms with Crippen LogP contribution in [0.15, 0.2) is 36.4 Å². The average molecular weight is 403 g/mol. The van der Waals surface area contributed by atoms with Crippen molar-refractivity contribution in [2.24, 2.45) is 0 Å². The van der Waals surface area contributed by atoms with Crippen molar-refractivity contribution in [1.29, 1.82) is 0 Å². The van der Waals surface area contributed by atoms with Crippen molar-refractivity contribution >= 4 is 23.2 Å². The second kappa shape index (κ2) is 7.89. The van der Waals surface area contributed by atoms with Crippen molar-refractivity contribution < 1.29 is 4.74 Å². The maximum absolute atomic E-state index is 6.16. The molecule has 1 fully saturated rings. The first-order valence-corrected chi connectivity index (χ1v) is 9.67. The lowest BCUT2D eigenvalue weighted by Crippen LogP contribution is -2.18. The second-order valence-electron chi connectivity index (χ2n) is 6.66. The van der Waals surface area contributed by atoms with Gasteiger partial charge in [-0.3, -0.25) is 10.00 Å². The van der Waals surface area contributed by atoms with E-state index in [-0.39, 0.29) is 0 Å². The summed E-state index contributed by atoms with van der Waals surface area (Å²) in [4.78, 5) is 7.12. The Hall–Kier alpha value is -2.08. The summed E-state index contributed by atoms with van der Waals surface area (Å²) in [5.41, 5.74) is 2.97. The van der Waals surface area contributed by atoms with Crippen molar-refractivity contribution in [3.63, 3.8) is 0 Å². The lowest BCUT2D eigenvalue weighted by Gasteiger charge is -2.14. The topological polar surface area (TPSA) is 54.0 Å². The van der Waals surface area contributed by atoms with Crippen LogP contribution in [-0.2, 0) is 6.54 Å². The summed E-state index contributed by atoms with van der Waals surface area (Å²) in [6.45, 7) is 3.31. The molecule has 0 radical (unpaired) electrons. The van der Waals surface area contributed by atoms with Gasteiger partial charge in [0.05, 0.1) is 22.7 Å². The normalized spacial score (nSPS) is 14.6. The highest BCUT2D eigenvalue weighted by Gasteiger charge is 2.16. The van der Waals surface area contributed by atoms with Gasteiger partial charge >= 0.3 is 0 Å². The van der Waals surface area contributed by atoms with Gasteiger partial charge in [0.2, 0.25) is 0 Å². The Balaban J connectivity index is 1.62. The van der Waals surface area contributed by atoms with E-state index in [9.17, 15) is 0 Å². The summed E-state index contributed by atoms with van der Waals surface area (Å²) in [5.74, 6) is 1.82. The van der Waals surface area contributed by atoms with Crippen LogP contribution >= 0.6 is 23.2 Å². The van der Waals surface area contributed by atoms with Gasteiger partial charge in [-0.2, -0.15) is 5.10 Å². The van der Waals surface area contributed by atoms with Crippen molar-refractivity contribution in [3.8, 4) is 28.5 Å². The fourth-order valence-electron chi connectivity index (χ4n) is 3.40. The molecule has 0 spiro atoms. The van der Waals surface area contributed by atoms with E-state index < -0.39 is 0 Å². The molecule has 0 saturated carbocycles. The van der Waals surface area contributed by atoms with E-state index in [1.165, 1.54) is 31.5 Å². The summed E-state index contributed by atoms with van der Waals surface area (Å²) < 4.78 is 5.41. The summed E-state index contributed by atoms with van der Waals surface area (Å²) in [5, 5.41) is 8.24. The van der Waals surface area contributed by atoms with Gasteiger partial charge in [0.25, 0.3) is 0 Å². The SMILES string of the molecule is COc1cc(Cl)c(Cl)cc1-c1nc(-c2cccc(CN3CCCC3)c2)n[nH]1. The van der Waals surface area contributed by atoms with Crippen molar-refractivity contribution in [1.82, 2.24) is 20.1 Å². The van der Waals surface area contributed by atoms with E-state index in [1.54, 1.807) is 19.2 Å². The van der Waals surface area contributed by atoms with Crippen LogP contribution in [0, 0.1) is 0 Å². The van der Waals surface area contributed by atoms with E-state index in [0.717, 1.165) is 17.7 Å². The van der Waals surface area contributed by atoms with E-state index in [4.69, 9.17) is 27.9 Å². The number of aromatic nitrogens is 3. The van der Waals surface area contributed by atoms with Crippen LogP contribution in [0.2, 0.25) is 10.0 Å². The highest BCUT2D eigenvalue weighted by atomic mass is 35.5. The largest absolute Gasteiger partial charge is 0.496 e. The molecule has 7 heteroatoms. The molecule has 5 nitrogen and oxygen atoms in total. The monoisotopic (exact) mass is 402 g/mol. The number of ether oxygens (including phenoxy) is 1. The predicted octanol–water partition coefficient (Wildman–Crippen LogP) is 5.05. The van der Waals surface area contributed by atoms with Crippen LogP contribution < -0.4 is 4.74 Å². The third-order valence-corrected chi connectivity index (χ3v) is 5.50. The number of likely N-dealkylation sites (tertiary alicyclic amines) is 1. The Morgan fingerprint density at radius 2 is 1.89 bits per heavy atom. The average Bonchev–Trinajstić information content (AvgIpc) is 3.36. The van der Waals surface area contributed by atoms with Crippen LogP contribution in [0.5, 0.6) is 5.75 Å². The lowest BCUT2D eigenvalue weighted by molar-refractivity contribution is 0.331. The minimum atomic E-state index is 0.437. The van der Waals surface area contributed by atoms with Crippen LogP contribution in [0.4, 0.5) is 0 Å². The molecule has 3 aromatic rings. The number of nitrogens with one attached hydrogen (secondary N) is 1. The highest BCUT2D eigenvalue weighted by Crippen LogP contribution is 2.36. The van der Waals surface area contributed by atoms with Gasteiger partial charge in [0.15, 0.2) is 11.6 Å². The van der Waals surface area contributed by atoms with Crippen LogP contribution in [0.25, 0.3) is 22.8 Å². The number of aromatic amines is 1. The predicted molar refractivity (Wildman–Crippen MR) is 108 cm³/mol. The molecule has 4 rings (SSSR count). The fourth-order valence-corrected chi connectivity index (χ4v) is 3.72. The Morgan fingerprint density at radius 3 is 2.67 bits per heavy atom. The van der Waals surface area contributed by atoms with Crippen LogP contribution in [0.1, 0.15) is 18.4 Å². The molecular formula is C20H20Cl2N4O. The number of rotatable bonds is 5. The minimum absolute atomic E-state index is 0.437. The molecule has 1 N–H and O–H groups in total.